The molecule has 0 saturated heterocycles. The third-order valence-corrected chi connectivity index (χ3v) is 3.98. The molecule has 2 rings (SSSR count). The Morgan fingerprint density at radius 2 is 1.71 bits per heavy atom. The minimum atomic E-state index is -1.15. The fourth-order valence-electron chi connectivity index (χ4n) is 2.21. The van der Waals surface area contributed by atoms with Crippen molar-refractivity contribution in [2.45, 2.75) is 38.8 Å². The van der Waals surface area contributed by atoms with Gasteiger partial charge in [0.05, 0.1) is 10.7 Å². The Labute approximate surface area is 152 Å². The third kappa shape index (κ3) is 4.71. The highest BCUT2D eigenvalue weighted by Gasteiger charge is 2.34. The Bertz CT molecular complexity index is 596. The van der Waals surface area contributed by atoms with Gasteiger partial charge in [-0.25, -0.2) is 4.99 Å². The maximum absolute atomic E-state index is 6.42. The van der Waals surface area contributed by atoms with Gasteiger partial charge in [-0.15, -0.1) is 0 Å². The van der Waals surface area contributed by atoms with Crippen LogP contribution in [0.1, 0.15) is 32.3 Å². The lowest BCUT2D eigenvalue weighted by Gasteiger charge is -2.35. The molecule has 3 N–H and O–H groups in total. The number of nitrogens with two attached hydrogens (primary N) is 1. The highest BCUT2D eigenvalue weighted by molar-refractivity contribution is 6.39. The number of allylic oxidation sites excluding steroid dienone is 1. The Hall–Kier alpha value is -1.11. The van der Waals surface area contributed by atoms with E-state index in [4.69, 9.17) is 38.4 Å². The quantitative estimate of drug-likeness (QED) is 0.683. The number of nitrogens with one attached hydrogen (secondary N) is 1. The number of rotatable bonds is 8. The molecule has 7 heteroatoms. The van der Waals surface area contributed by atoms with Gasteiger partial charge in [0.1, 0.15) is 0 Å². The molecule has 1 aromatic rings. The molecule has 0 spiro atoms. The molecule has 24 heavy (non-hydrogen) atoms. The fourth-order valence-corrected chi connectivity index (χ4v) is 2.52. The molecule has 1 aliphatic rings. The van der Waals surface area contributed by atoms with Gasteiger partial charge in [-0.1, -0.05) is 49.2 Å². The topological polar surface area (TPSA) is 68.9 Å². The monoisotopic (exact) mass is 371 g/mol. The Kier molecular flexibility index (Phi) is 7.07. The molecular weight excluding hydrogens is 349 g/mol. The molecule has 1 unspecified atom stereocenters. The van der Waals surface area contributed by atoms with Crippen LogP contribution >= 0.6 is 23.2 Å². The van der Waals surface area contributed by atoms with Crippen LogP contribution in [-0.2, 0) is 15.3 Å². The van der Waals surface area contributed by atoms with Gasteiger partial charge >= 0.3 is 0 Å². The number of aliphatic imine (C=N–C) groups is 1. The Morgan fingerprint density at radius 3 is 2.25 bits per heavy atom. The molecule has 1 aliphatic heterocycles. The van der Waals surface area contributed by atoms with Crippen LogP contribution in [0.2, 0.25) is 5.02 Å². The summed E-state index contributed by atoms with van der Waals surface area (Å²) >= 11 is 12.2. The second-order valence-electron chi connectivity index (χ2n) is 5.49. The van der Waals surface area contributed by atoms with E-state index in [1.54, 1.807) is 12.1 Å². The molecule has 1 heterocycles. The number of halogens is 2. The molecule has 0 aromatic heterocycles. The predicted octanol–water partition coefficient (Wildman–Crippen LogP) is 3.71. The Morgan fingerprint density at radius 1 is 1.12 bits per heavy atom. The smallest absolute Gasteiger partial charge is 0.209 e. The van der Waals surface area contributed by atoms with Gasteiger partial charge in [0.2, 0.25) is 5.79 Å². The van der Waals surface area contributed by atoms with E-state index in [-0.39, 0.29) is 0 Å². The first-order chi connectivity index (χ1) is 11.5. The standard InChI is InChI=1S/C17H23Cl2N3O2/c1-3-9-23-16(24-10-4-2)15-14(19)11-21-17(20,22-15)12-5-7-13(18)8-6-12/h5-8,11,16,22H,3-4,9-10,20H2,1-2H3. The van der Waals surface area contributed by atoms with Gasteiger partial charge in [-0.3, -0.25) is 5.73 Å². The van der Waals surface area contributed by atoms with E-state index in [0.717, 1.165) is 18.4 Å². The van der Waals surface area contributed by atoms with Crippen molar-refractivity contribution >= 4 is 29.4 Å². The molecule has 0 amide bonds. The number of ether oxygens (including phenoxy) is 2. The lowest BCUT2D eigenvalue weighted by Crippen LogP contribution is -2.52. The van der Waals surface area contributed by atoms with E-state index in [0.29, 0.717) is 29.0 Å². The maximum atomic E-state index is 6.42. The van der Waals surface area contributed by atoms with Crippen LogP contribution in [-0.4, -0.2) is 25.7 Å². The zero-order chi connectivity index (χ0) is 17.6. The lowest BCUT2D eigenvalue weighted by molar-refractivity contribution is -0.123. The highest BCUT2D eigenvalue weighted by atomic mass is 35.5. The summed E-state index contributed by atoms with van der Waals surface area (Å²) < 4.78 is 11.6. The van der Waals surface area contributed by atoms with E-state index in [1.165, 1.54) is 6.21 Å². The van der Waals surface area contributed by atoms with Crippen molar-refractivity contribution in [2.24, 2.45) is 10.7 Å². The average molecular weight is 372 g/mol. The third-order valence-electron chi connectivity index (χ3n) is 3.43. The second-order valence-corrected chi connectivity index (χ2v) is 6.34. The highest BCUT2D eigenvalue weighted by Crippen LogP contribution is 2.27. The van der Waals surface area contributed by atoms with Crippen LogP contribution in [0.25, 0.3) is 0 Å². The second kappa shape index (κ2) is 8.83. The van der Waals surface area contributed by atoms with E-state index in [1.807, 2.05) is 26.0 Å². The summed E-state index contributed by atoms with van der Waals surface area (Å²) in [6.45, 7) is 5.17. The summed E-state index contributed by atoms with van der Waals surface area (Å²) in [6, 6.07) is 7.17. The van der Waals surface area contributed by atoms with Crippen molar-refractivity contribution in [2.75, 3.05) is 13.2 Å². The van der Waals surface area contributed by atoms with E-state index >= 15 is 0 Å². The number of hydrogen-bond donors (Lipinski definition) is 2. The van der Waals surface area contributed by atoms with Crippen molar-refractivity contribution in [3.05, 3.63) is 45.6 Å². The summed E-state index contributed by atoms with van der Waals surface area (Å²) in [5.41, 5.74) is 7.76. The summed E-state index contributed by atoms with van der Waals surface area (Å²) in [5, 5.41) is 4.22. The first-order valence-corrected chi connectivity index (χ1v) is 8.77. The van der Waals surface area contributed by atoms with Gasteiger partial charge in [0.15, 0.2) is 6.29 Å². The zero-order valence-corrected chi connectivity index (χ0v) is 15.4. The first kappa shape index (κ1) is 19.2. The van der Waals surface area contributed by atoms with Crippen LogP contribution in [0, 0.1) is 0 Å². The largest absolute Gasteiger partial charge is 0.347 e. The molecule has 0 fully saturated rings. The normalized spacial score (nSPS) is 20.6. The summed E-state index contributed by atoms with van der Waals surface area (Å²) in [7, 11) is 0. The van der Waals surface area contributed by atoms with Crippen LogP contribution in [0.3, 0.4) is 0 Å². The maximum Gasteiger partial charge on any atom is 0.209 e. The molecule has 0 aliphatic carbocycles. The van der Waals surface area contributed by atoms with Crippen LogP contribution < -0.4 is 11.1 Å². The van der Waals surface area contributed by atoms with E-state index in [2.05, 4.69) is 10.3 Å². The Balaban J connectivity index is 2.24. The van der Waals surface area contributed by atoms with Gasteiger partial charge in [0.25, 0.3) is 0 Å². The van der Waals surface area contributed by atoms with Crippen molar-refractivity contribution in [1.82, 2.24) is 5.32 Å². The summed E-state index contributed by atoms with van der Waals surface area (Å²) in [6.07, 6.45) is 2.66. The fraction of sp³-hybridized carbons (Fsp3) is 0.471. The molecule has 0 radical (unpaired) electrons. The minimum Gasteiger partial charge on any atom is -0.347 e. The van der Waals surface area contributed by atoms with Crippen molar-refractivity contribution in [3.8, 4) is 0 Å². The number of nitrogens with zero attached hydrogens (tertiary/aromatic N) is 1. The lowest BCUT2D eigenvalue weighted by atomic mass is 10.1. The van der Waals surface area contributed by atoms with Gasteiger partial charge < -0.3 is 14.8 Å². The van der Waals surface area contributed by atoms with Gasteiger partial charge in [-0.2, -0.15) is 0 Å². The van der Waals surface area contributed by atoms with Gasteiger partial charge in [-0.05, 0) is 25.0 Å². The molecular formula is C17H23Cl2N3O2. The van der Waals surface area contributed by atoms with E-state index < -0.39 is 12.1 Å². The molecule has 0 saturated carbocycles. The predicted molar refractivity (Wildman–Crippen MR) is 98.1 cm³/mol. The molecule has 1 aromatic carbocycles. The zero-order valence-electron chi connectivity index (χ0n) is 13.9. The molecule has 132 valence electrons. The van der Waals surface area contributed by atoms with Crippen LogP contribution in [0.15, 0.2) is 40.0 Å². The SMILES string of the molecule is CCCOC(OCCC)C1=C(Cl)C=NC(N)(c2ccc(Cl)cc2)N1. The van der Waals surface area contributed by atoms with Crippen LogP contribution in [0.5, 0.6) is 0 Å². The van der Waals surface area contributed by atoms with Crippen LogP contribution in [0.4, 0.5) is 0 Å². The van der Waals surface area contributed by atoms with Crippen molar-refractivity contribution < 1.29 is 9.47 Å². The van der Waals surface area contributed by atoms with Crippen molar-refractivity contribution in [3.63, 3.8) is 0 Å². The number of benzene rings is 1. The first-order valence-electron chi connectivity index (χ1n) is 8.01. The molecule has 0 bridgehead atoms. The van der Waals surface area contributed by atoms with E-state index in [9.17, 15) is 0 Å². The number of hydrogen-bond acceptors (Lipinski definition) is 5. The molecule has 5 nitrogen and oxygen atoms in total. The minimum absolute atomic E-state index is 0.419. The average Bonchev–Trinajstić information content (AvgIpc) is 2.58. The summed E-state index contributed by atoms with van der Waals surface area (Å²) in [5.74, 6) is -1.15. The summed E-state index contributed by atoms with van der Waals surface area (Å²) in [4.78, 5) is 4.33. The molecule has 1 atom stereocenters. The van der Waals surface area contributed by atoms with Gasteiger partial charge in [0, 0.05) is 30.0 Å². The van der Waals surface area contributed by atoms with Crippen molar-refractivity contribution in [1.29, 1.82) is 0 Å².